The summed E-state index contributed by atoms with van der Waals surface area (Å²) in [5.41, 5.74) is 5.07. The lowest BCUT2D eigenvalue weighted by Crippen LogP contribution is -2.26. The zero-order valence-electron chi connectivity index (χ0n) is 10.8. The molecule has 0 bridgehead atoms. The number of alkyl halides is 3. The highest BCUT2D eigenvalue weighted by molar-refractivity contribution is 5.85. The summed E-state index contributed by atoms with van der Waals surface area (Å²) in [5, 5.41) is 0. The van der Waals surface area contributed by atoms with Gasteiger partial charge in [0.1, 0.15) is 6.10 Å². The molecular weight excluding hydrogens is 271 g/mol. The highest BCUT2D eigenvalue weighted by Crippen LogP contribution is 2.30. The maximum Gasteiger partial charge on any atom is 0.416 e. The normalized spacial score (nSPS) is 23.0. The molecule has 20 heavy (non-hydrogen) atoms. The molecule has 2 rings (SSSR count). The van der Waals surface area contributed by atoms with Crippen molar-refractivity contribution in [1.82, 2.24) is 0 Å². The van der Waals surface area contributed by atoms with E-state index in [0.29, 0.717) is 18.5 Å². The first-order chi connectivity index (χ1) is 9.40. The summed E-state index contributed by atoms with van der Waals surface area (Å²) in [6.07, 6.45) is -3.81. The fourth-order valence-electron chi connectivity index (χ4n) is 2.29. The number of Topliss-reactive ketones (excluding diaryl/α,β-unsaturated/α-hetero) is 1. The van der Waals surface area contributed by atoms with Crippen LogP contribution in [-0.4, -0.2) is 24.5 Å². The molecule has 1 heterocycles. The van der Waals surface area contributed by atoms with E-state index in [4.69, 9.17) is 10.5 Å². The third kappa shape index (κ3) is 3.58. The highest BCUT2D eigenvalue weighted by atomic mass is 19.4. The van der Waals surface area contributed by atoms with E-state index in [-0.39, 0.29) is 18.3 Å². The molecule has 1 saturated heterocycles. The Morgan fingerprint density at radius 2 is 2.10 bits per heavy atom. The van der Waals surface area contributed by atoms with Crippen molar-refractivity contribution in [2.24, 2.45) is 5.73 Å². The van der Waals surface area contributed by atoms with Gasteiger partial charge in [0.2, 0.25) is 0 Å². The number of hydrogen-bond donors (Lipinski definition) is 1. The van der Waals surface area contributed by atoms with E-state index in [1.807, 2.05) is 0 Å². The van der Waals surface area contributed by atoms with Crippen LogP contribution in [0.4, 0.5) is 13.2 Å². The lowest BCUT2D eigenvalue weighted by Gasteiger charge is -2.12. The largest absolute Gasteiger partial charge is 0.416 e. The Labute approximate surface area is 114 Å². The monoisotopic (exact) mass is 287 g/mol. The summed E-state index contributed by atoms with van der Waals surface area (Å²) >= 11 is 0. The van der Waals surface area contributed by atoms with Crippen molar-refractivity contribution in [1.29, 1.82) is 0 Å². The Morgan fingerprint density at radius 1 is 1.35 bits per heavy atom. The highest BCUT2D eigenvalue weighted by Gasteiger charge is 2.32. The van der Waals surface area contributed by atoms with E-state index in [1.54, 1.807) is 0 Å². The number of hydrogen-bond acceptors (Lipinski definition) is 3. The van der Waals surface area contributed by atoms with Gasteiger partial charge >= 0.3 is 6.18 Å². The van der Waals surface area contributed by atoms with Gasteiger partial charge in [0.05, 0.1) is 11.7 Å². The molecular formula is C14H16F3NO2. The fraction of sp³-hybridized carbons (Fsp3) is 0.500. The van der Waals surface area contributed by atoms with Gasteiger partial charge in [-0.3, -0.25) is 4.79 Å². The number of ether oxygens (including phenoxy) is 1. The minimum absolute atomic E-state index is 0.0497. The molecule has 3 nitrogen and oxygen atoms in total. The standard InChI is InChI=1S/C14H16F3NO2/c15-14(16,17)10-3-1-2-9(6-10)7-12(19)13-5-4-11(8-18)20-13/h1-3,6,11,13H,4-5,7-8,18H2. The first kappa shape index (κ1) is 15.0. The van der Waals surface area contributed by atoms with E-state index >= 15 is 0 Å². The molecule has 1 aromatic carbocycles. The maximum atomic E-state index is 12.6. The lowest BCUT2D eigenvalue weighted by molar-refractivity contribution is -0.137. The molecule has 0 aliphatic carbocycles. The number of rotatable bonds is 4. The molecule has 2 unspecified atom stereocenters. The Bertz CT molecular complexity index is 488. The van der Waals surface area contributed by atoms with E-state index in [2.05, 4.69) is 0 Å². The van der Waals surface area contributed by atoms with E-state index in [0.717, 1.165) is 18.6 Å². The Kier molecular flexibility index (Phi) is 4.45. The van der Waals surface area contributed by atoms with E-state index in [1.165, 1.54) is 12.1 Å². The molecule has 2 atom stereocenters. The molecule has 110 valence electrons. The molecule has 1 fully saturated rings. The number of halogens is 3. The molecule has 0 saturated carbocycles. The number of ketones is 1. The third-order valence-electron chi connectivity index (χ3n) is 3.36. The summed E-state index contributed by atoms with van der Waals surface area (Å²) in [7, 11) is 0. The van der Waals surface area contributed by atoms with E-state index in [9.17, 15) is 18.0 Å². The van der Waals surface area contributed by atoms with Gasteiger partial charge in [-0.1, -0.05) is 18.2 Å². The van der Waals surface area contributed by atoms with Crippen LogP contribution in [-0.2, 0) is 22.1 Å². The second kappa shape index (κ2) is 5.93. The second-order valence-electron chi connectivity index (χ2n) is 4.90. The molecule has 1 aliphatic rings. The quantitative estimate of drug-likeness (QED) is 0.924. The average Bonchev–Trinajstić information content (AvgIpc) is 2.87. The molecule has 0 amide bonds. The Morgan fingerprint density at radius 3 is 2.70 bits per heavy atom. The molecule has 1 aliphatic heterocycles. The van der Waals surface area contributed by atoms with E-state index < -0.39 is 17.8 Å². The Balaban J connectivity index is 2.02. The summed E-state index contributed by atoms with van der Waals surface area (Å²) in [6, 6.07) is 4.82. The minimum Gasteiger partial charge on any atom is -0.366 e. The number of carbonyl (C=O) groups excluding carboxylic acids is 1. The van der Waals surface area contributed by atoms with Gasteiger partial charge in [-0.15, -0.1) is 0 Å². The summed E-state index contributed by atoms with van der Waals surface area (Å²) in [5.74, 6) is -0.194. The number of benzene rings is 1. The van der Waals surface area contributed by atoms with Crippen LogP contribution in [0.25, 0.3) is 0 Å². The van der Waals surface area contributed by atoms with Crippen LogP contribution in [0.3, 0.4) is 0 Å². The SMILES string of the molecule is NCC1CCC(C(=O)Cc2cccc(C(F)(F)F)c2)O1. The van der Waals surface area contributed by atoms with Crippen molar-refractivity contribution in [2.45, 2.75) is 37.6 Å². The first-order valence-corrected chi connectivity index (χ1v) is 6.44. The summed E-state index contributed by atoms with van der Waals surface area (Å²) in [4.78, 5) is 12.0. The van der Waals surface area contributed by atoms with Crippen LogP contribution in [0.5, 0.6) is 0 Å². The second-order valence-corrected chi connectivity index (χ2v) is 4.90. The topological polar surface area (TPSA) is 52.3 Å². The van der Waals surface area contributed by atoms with Crippen LogP contribution in [0, 0.1) is 0 Å². The first-order valence-electron chi connectivity index (χ1n) is 6.44. The van der Waals surface area contributed by atoms with Crippen LogP contribution in [0.15, 0.2) is 24.3 Å². The van der Waals surface area contributed by atoms with Crippen LogP contribution in [0.2, 0.25) is 0 Å². The third-order valence-corrected chi connectivity index (χ3v) is 3.36. The zero-order valence-corrected chi connectivity index (χ0v) is 10.8. The van der Waals surface area contributed by atoms with Crippen molar-refractivity contribution < 1.29 is 22.7 Å². The molecule has 0 radical (unpaired) electrons. The Hall–Kier alpha value is -1.40. The summed E-state index contributed by atoms with van der Waals surface area (Å²) in [6.45, 7) is 0.355. The average molecular weight is 287 g/mol. The van der Waals surface area contributed by atoms with Gasteiger partial charge in [-0.2, -0.15) is 13.2 Å². The van der Waals surface area contributed by atoms with Crippen molar-refractivity contribution in [3.63, 3.8) is 0 Å². The lowest BCUT2D eigenvalue weighted by atomic mass is 10.0. The molecule has 0 aromatic heterocycles. The molecule has 0 spiro atoms. The van der Waals surface area contributed by atoms with Gasteiger partial charge in [0, 0.05) is 13.0 Å². The zero-order chi connectivity index (χ0) is 14.8. The van der Waals surface area contributed by atoms with Crippen LogP contribution < -0.4 is 5.73 Å². The minimum atomic E-state index is -4.40. The van der Waals surface area contributed by atoms with Crippen LogP contribution in [0.1, 0.15) is 24.0 Å². The van der Waals surface area contributed by atoms with Gasteiger partial charge in [-0.25, -0.2) is 0 Å². The van der Waals surface area contributed by atoms with Crippen molar-refractivity contribution in [3.05, 3.63) is 35.4 Å². The maximum absolute atomic E-state index is 12.6. The van der Waals surface area contributed by atoms with Crippen molar-refractivity contribution in [2.75, 3.05) is 6.54 Å². The molecule has 6 heteroatoms. The van der Waals surface area contributed by atoms with Gasteiger partial charge in [-0.05, 0) is 24.5 Å². The summed E-state index contributed by atoms with van der Waals surface area (Å²) < 4.78 is 43.2. The van der Waals surface area contributed by atoms with Crippen molar-refractivity contribution in [3.8, 4) is 0 Å². The van der Waals surface area contributed by atoms with Gasteiger partial charge in [0.15, 0.2) is 5.78 Å². The van der Waals surface area contributed by atoms with Crippen LogP contribution >= 0.6 is 0 Å². The smallest absolute Gasteiger partial charge is 0.366 e. The van der Waals surface area contributed by atoms with Gasteiger partial charge in [0.25, 0.3) is 0 Å². The molecule has 1 aromatic rings. The fourth-order valence-corrected chi connectivity index (χ4v) is 2.29. The molecule has 2 N–H and O–H groups in total. The number of carbonyl (C=O) groups is 1. The van der Waals surface area contributed by atoms with Gasteiger partial charge < -0.3 is 10.5 Å². The predicted octanol–water partition coefficient (Wildman–Crippen LogP) is 2.32. The van der Waals surface area contributed by atoms with Crippen molar-refractivity contribution >= 4 is 5.78 Å². The number of nitrogens with two attached hydrogens (primary N) is 1. The predicted molar refractivity (Wildman–Crippen MR) is 67.1 cm³/mol.